The standard InChI is InChI=1S/C30H33FN2O3/c1-33(2)30(20-22-12-14-25(31)15-13-22)18-16-26(17-19-30)32-28(34)27-11-7-6-10-24(27)21-36-29(35)23-8-4-3-5-9-23/h3-15,26H,16-21H2,1-2H3,(H,32,34). The quantitative estimate of drug-likeness (QED) is 0.432. The van der Waals surface area contributed by atoms with Crippen LogP contribution in [0.15, 0.2) is 78.9 Å². The molecular formula is C30H33FN2O3. The van der Waals surface area contributed by atoms with E-state index in [4.69, 9.17) is 4.74 Å². The molecule has 0 bridgehead atoms. The fraction of sp³-hybridized carbons (Fsp3) is 0.333. The van der Waals surface area contributed by atoms with Gasteiger partial charge in [0.15, 0.2) is 0 Å². The van der Waals surface area contributed by atoms with E-state index in [9.17, 15) is 14.0 Å². The first-order valence-electron chi connectivity index (χ1n) is 12.4. The normalized spacial score (nSPS) is 19.6. The number of amides is 1. The molecule has 0 spiro atoms. The molecule has 0 saturated heterocycles. The number of hydrogen-bond acceptors (Lipinski definition) is 4. The van der Waals surface area contributed by atoms with Gasteiger partial charge in [-0.3, -0.25) is 4.79 Å². The van der Waals surface area contributed by atoms with Gasteiger partial charge in [0.1, 0.15) is 12.4 Å². The van der Waals surface area contributed by atoms with Crippen LogP contribution >= 0.6 is 0 Å². The van der Waals surface area contributed by atoms with Crippen LogP contribution in [-0.4, -0.2) is 42.5 Å². The number of esters is 1. The summed E-state index contributed by atoms with van der Waals surface area (Å²) >= 11 is 0. The SMILES string of the molecule is CN(C)C1(Cc2ccc(F)cc2)CCC(NC(=O)c2ccccc2COC(=O)c2ccccc2)CC1. The van der Waals surface area contributed by atoms with E-state index in [2.05, 4.69) is 24.3 Å². The van der Waals surface area contributed by atoms with Crippen molar-refractivity contribution in [2.24, 2.45) is 0 Å². The second-order valence-electron chi connectivity index (χ2n) is 9.77. The second kappa shape index (κ2) is 11.5. The van der Waals surface area contributed by atoms with E-state index in [-0.39, 0.29) is 29.9 Å². The van der Waals surface area contributed by atoms with Gasteiger partial charge in [0.2, 0.25) is 0 Å². The molecule has 0 atom stereocenters. The van der Waals surface area contributed by atoms with Crippen LogP contribution in [0.5, 0.6) is 0 Å². The smallest absolute Gasteiger partial charge is 0.338 e. The van der Waals surface area contributed by atoms with Gasteiger partial charge in [-0.05, 0) is 82.1 Å². The van der Waals surface area contributed by atoms with Crippen molar-refractivity contribution in [2.45, 2.75) is 50.3 Å². The molecule has 1 aliphatic carbocycles. The first-order valence-corrected chi connectivity index (χ1v) is 12.4. The zero-order chi connectivity index (χ0) is 25.5. The lowest BCUT2D eigenvalue weighted by Gasteiger charge is -2.45. The number of carbonyl (C=O) groups excluding carboxylic acids is 2. The van der Waals surface area contributed by atoms with Crippen LogP contribution in [0.4, 0.5) is 4.39 Å². The van der Waals surface area contributed by atoms with Gasteiger partial charge in [0.25, 0.3) is 5.91 Å². The lowest BCUT2D eigenvalue weighted by Crippen LogP contribution is -2.52. The van der Waals surface area contributed by atoms with Crippen molar-refractivity contribution in [1.82, 2.24) is 10.2 Å². The van der Waals surface area contributed by atoms with Gasteiger partial charge in [0, 0.05) is 22.7 Å². The van der Waals surface area contributed by atoms with Gasteiger partial charge >= 0.3 is 5.97 Å². The molecule has 6 heteroatoms. The van der Waals surface area contributed by atoms with Crippen molar-refractivity contribution in [3.8, 4) is 0 Å². The summed E-state index contributed by atoms with van der Waals surface area (Å²) < 4.78 is 18.8. The average Bonchev–Trinajstić information content (AvgIpc) is 2.90. The Morgan fingerprint density at radius 2 is 1.58 bits per heavy atom. The molecule has 3 aromatic carbocycles. The van der Waals surface area contributed by atoms with Crippen LogP contribution in [0, 0.1) is 5.82 Å². The molecule has 0 heterocycles. The fourth-order valence-corrected chi connectivity index (χ4v) is 5.00. The summed E-state index contributed by atoms with van der Waals surface area (Å²) in [6.45, 7) is 0.0311. The minimum atomic E-state index is -0.417. The van der Waals surface area contributed by atoms with Gasteiger partial charge in [-0.15, -0.1) is 0 Å². The molecular weight excluding hydrogens is 455 g/mol. The van der Waals surface area contributed by atoms with E-state index in [0.29, 0.717) is 16.7 Å². The number of halogens is 1. The summed E-state index contributed by atoms with van der Waals surface area (Å²) in [5, 5.41) is 3.20. The van der Waals surface area contributed by atoms with Crippen LogP contribution < -0.4 is 5.32 Å². The maximum Gasteiger partial charge on any atom is 0.338 e. The number of benzene rings is 3. The van der Waals surface area contributed by atoms with Crippen molar-refractivity contribution >= 4 is 11.9 Å². The first-order chi connectivity index (χ1) is 17.4. The molecule has 1 saturated carbocycles. The Balaban J connectivity index is 1.36. The van der Waals surface area contributed by atoms with Crippen molar-refractivity contribution in [3.05, 3.63) is 107 Å². The average molecular weight is 489 g/mol. The van der Waals surface area contributed by atoms with Crippen molar-refractivity contribution in [2.75, 3.05) is 14.1 Å². The highest BCUT2D eigenvalue weighted by atomic mass is 19.1. The summed E-state index contributed by atoms with van der Waals surface area (Å²) in [6, 6.07) is 22.9. The number of hydrogen-bond donors (Lipinski definition) is 1. The number of likely N-dealkylation sites (N-methyl/N-ethyl adjacent to an activating group) is 1. The number of nitrogens with one attached hydrogen (secondary N) is 1. The molecule has 0 aromatic heterocycles. The predicted molar refractivity (Wildman–Crippen MR) is 138 cm³/mol. The van der Waals surface area contributed by atoms with Crippen molar-refractivity contribution in [3.63, 3.8) is 0 Å². The number of rotatable bonds is 8. The van der Waals surface area contributed by atoms with Gasteiger partial charge in [-0.1, -0.05) is 48.5 Å². The summed E-state index contributed by atoms with van der Waals surface area (Å²) in [5.41, 5.74) is 2.77. The Morgan fingerprint density at radius 1 is 0.944 bits per heavy atom. The van der Waals surface area contributed by atoms with Gasteiger partial charge in [0.05, 0.1) is 5.56 Å². The molecule has 188 valence electrons. The van der Waals surface area contributed by atoms with E-state index < -0.39 is 5.97 Å². The van der Waals surface area contributed by atoms with Crippen molar-refractivity contribution < 1.29 is 18.7 Å². The first kappa shape index (κ1) is 25.6. The maximum absolute atomic E-state index is 13.4. The molecule has 0 unspecified atom stereocenters. The molecule has 0 radical (unpaired) electrons. The second-order valence-corrected chi connectivity index (χ2v) is 9.77. The molecule has 0 aliphatic heterocycles. The Labute approximate surface area is 212 Å². The third-order valence-electron chi connectivity index (χ3n) is 7.28. The largest absolute Gasteiger partial charge is 0.457 e. The Hall–Kier alpha value is -3.51. The van der Waals surface area contributed by atoms with Crippen LogP contribution in [-0.2, 0) is 17.8 Å². The van der Waals surface area contributed by atoms with Crippen LogP contribution in [0.1, 0.15) is 57.5 Å². The summed E-state index contributed by atoms with van der Waals surface area (Å²) in [4.78, 5) is 27.8. The predicted octanol–water partition coefficient (Wildman–Crippen LogP) is 5.40. The molecule has 36 heavy (non-hydrogen) atoms. The van der Waals surface area contributed by atoms with Crippen LogP contribution in [0.3, 0.4) is 0 Å². The lowest BCUT2D eigenvalue weighted by atomic mass is 9.74. The highest BCUT2D eigenvalue weighted by Crippen LogP contribution is 2.35. The van der Waals surface area contributed by atoms with Crippen LogP contribution in [0.25, 0.3) is 0 Å². The monoisotopic (exact) mass is 488 g/mol. The lowest BCUT2D eigenvalue weighted by molar-refractivity contribution is 0.0469. The molecule has 1 fully saturated rings. The van der Waals surface area contributed by atoms with E-state index in [1.165, 1.54) is 12.1 Å². The minimum Gasteiger partial charge on any atom is -0.457 e. The van der Waals surface area contributed by atoms with Gasteiger partial charge < -0.3 is 15.0 Å². The summed E-state index contributed by atoms with van der Waals surface area (Å²) in [7, 11) is 4.19. The Morgan fingerprint density at radius 3 is 2.25 bits per heavy atom. The van der Waals surface area contributed by atoms with E-state index in [1.54, 1.807) is 30.3 Å². The molecule has 1 amide bonds. The molecule has 1 aliphatic rings. The molecule has 5 nitrogen and oxygen atoms in total. The van der Waals surface area contributed by atoms with Crippen molar-refractivity contribution in [1.29, 1.82) is 0 Å². The zero-order valence-electron chi connectivity index (χ0n) is 20.9. The van der Waals surface area contributed by atoms with Gasteiger partial charge in [-0.25, -0.2) is 9.18 Å². The molecule has 3 aromatic rings. The van der Waals surface area contributed by atoms with E-state index in [1.807, 2.05) is 36.4 Å². The minimum absolute atomic E-state index is 0.0252. The maximum atomic E-state index is 13.4. The van der Waals surface area contributed by atoms with E-state index in [0.717, 1.165) is 37.7 Å². The summed E-state index contributed by atoms with van der Waals surface area (Å²) in [6.07, 6.45) is 4.42. The van der Waals surface area contributed by atoms with Crippen LogP contribution in [0.2, 0.25) is 0 Å². The zero-order valence-corrected chi connectivity index (χ0v) is 20.9. The Bertz CT molecular complexity index is 1170. The highest BCUT2D eigenvalue weighted by Gasteiger charge is 2.37. The highest BCUT2D eigenvalue weighted by molar-refractivity contribution is 5.96. The van der Waals surface area contributed by atoms with E-state index >= 15 is 0 Å². The fourth-order valence-electron chi connectivity index (χ4n) is 5.00. The summed E-state index contributed by atoms with van der Waals surface area (Å²) in [5.74, 6) is -0.791. The number of carbonyl (C=O) groups is 2. The Kier molecular flexibility index (Phi) is 8.16. The molecule has 4 rings (SSSR count). The number of nitrogens with zero attached hydrogens (tertiary/aromatic N) is 1. The number of ether oxygens (including phenoxy) is 1. The third kappa shape index (κ3) is 6.18. The molecule has 1 N–H and O–H groups in total. The van der Waals surface area contributed by atoms with Gasteiger partial charge in [-0.2, -0.15) is 0 Å². The third-order valence-corrected chi connectivity index (χ3v) is 7.28. The topological polar surface area (TPSA) is 58.6 Å².